The molecule has 1 atom stereocenters. The zero-order valence-corrected chi connectivity index (χ0v) is 18.0. The van der Waals surface area contributed by atoms with E-state index in [1.165, 1.54) is 17.5 Å². The molecule has 3 aromatic rings. The summed E-state index contributed by atoms with van der Waals surface area (Å²) in [4.78, 5) is 24.6. The second-order valence-corrected chi connectivity index (χ2v) is 8.69. The number of piperidine rings is 1. The van der Waals surface area contributed by atoms with Gasteiger partial charge in [-0.2, -0.15) is 0 Å². The van der Waals surface area contributed by atoms with Crippen molar-refractivity contribution in [3.8, 4) is 0 Å². The van der Waals surface area contributed by atoms with Gasteiger partial charge in [0, 0.05) is 24.5 Å². The van der Waals surface area contributed by atoms with Crippen molar-refractivity contribution in [1.82, 2.24) is 19.4 Å². The van der Waals surface area contributed by atoms with Crippen LogP contribution < -0.4 is 0 Å². The van der Waals surface area contributed by atoms with Crippen molar-refractivity contribution in [3.05, 3.63) is 53.7 Å². The molecule has 1 aliphatic heterocycles. The van der Waals surface area contributed by atoms with Crippen LogP contribution >= 0.6 is 11.8 Å². The van der Waals surface area contributed by atoms with Crippen LogP contribution in [0.1, 0.15) is 43.7 Å². The third-order valence-electron chi connectivity index (χ3n) is 5.67. The second kappa shape index (κ2) is 8.99. The van der Waals surface area contributed by atoms with E-state index in [-0.39, 0.29) is 5.91 Å². The number of hydrogen-bond acceptors (Lipinski definition) is 4. The van der Waals surface area contributed by atoms with Gasteiger partial charge in [0.15, 0.2) is 10.8 Å². The predicted octanol–water partition coefficient (Wildman–Crippen LogP) is 4.82. The number of aromatic nitrogens is 3. The summed E-state index contributed by atoms with van der Waals surface area (Å²) in [5.74, 6) is 0.998. The molecule has 1 aromatic carbocycles. The molecule has 1 aliphatic rings. The maximum Gasteiger partial charge on any atom is 0.242 e. The summed E-state index contributed by atoms with van der Waals surface area (Å²) in [6, 6.07) is 12.8. The molecule has 1 fully saturated rings. The Bertz CT molecular complexity index is 982. The molecule has 0 radical (unpaired) electrons. The summed E-state index contributed by atoms with van der Waals surface area (Å²) in [5.41, 5.74) is 4.14. The Labute approximate surface area is 176 Å². The van der Waals surface area contributed by atoms with Crippen molar-refractivity contribution in [2.45, 2.75) is 63.0 Å². The first-order valence-electron chi connectivity index (χ1n) is 10.4. The Balaban J connectivity index is 1.57. The molecular weight excluding hydrogens is 380 g/mol. The molecule has 29 heavy (non-hydrogen) atoms. The zero-order valence-electron chi connectivity index (χ0n) is 17.2. The Hall–Kier alpha value is -2.34. The highest BCUT2D eigenvalue weighted by atomic mass is 32.2. The van der Waals surface area contributed by atoms with E-state index in [2.05, 4.69) is 48.0 Å². The van der Waals surface area contributed by atoms with Gasteiger partial charge in [0.05, 0.1) is 0 Å². The van der Waals surface area contributed by atoms with Gasteiger partial charge in [-0.25, -0.2) is 9.97 Å². The number of amides is 1. The van der Waals surface area contributed by atoms with Gasteiger partial charge in [-0.05, 0) is 50.3 Å². The monoisotopic (exact) mass is 408 g/mol. The van der Waals surface area contributed by atoms with Crippen molar-refractivity contribution in [2.24, 2.45) is 0 Å². The number of thioether (sulfide) groups is 1. The number of nitrogens with zero attached hydrogens (tertiary/aromatic N) is 4. The Morgan fingerprint density at radius 3 is 2.83 bits per heavy atom. The molecule has 0 spiro atoms. The average molecular weight is 409 g/mol. The molecule has 0 bridgehead atoms. The minimum atomic E-state index is 0.179. The summed E-state index contributed by atoms with van der Waals surface area (Å²) >= 11 is 1.67. The highest BCUT2D eigenvalue weighted by molar-refractivity contribution is 7.98. The van der Waals surface area contributed by atoms with E-state index in [9.17, 15) is 4.79 Å². The normalized spacial score (nSPS) is 17.0. The van der Waals surface area contributed by atoms with Crippen LogP contribution in [0.25, 0.3) is 11.2 Å². The largest absolute Gasteiger partial charge is 0.338 e. The lowest BCUT2D eigenvalue weighted by Gasteiger charge is -2.35. The second-order valence-electron chi connectivity index (χ2n) is 7.75. The van der Waals surface area contributed by atoms with E-state index < -0.39 is 0 Å². The topological polar surface area (TPSA) is 51.0 Å². The molecule has 0 aliphatic carbocycles. The SMILES string of the molecule is CCC1CCCCN1C(=O)Cn1c(SCc2ccc(C)cc2)nc2cccnc21. The minimum absolute atomic E-state index is 0.179. The fourth-order valence-corrected chi connectivity index (χ4v) is 4.96. The van der Waals surface area contributed by atoms with E-state index in [0.717, 1.165) is 47.9 Å². The zero-order chi connectivity index (χ0) is 20.2. The fourth-order valence-electron chi connectivity index (χ4n) is 4.00. The third kappa shape index (κ3) is 4.47. The van der Waals surface area contributed by atoms with Gasteiger partial charge in [-0.3, -0.25) is 9.36 Å². The maximum absolute atomic E-state index is 13.2. The van der Waals surface area contributed by atoms with Crippen LogP contribution in [0.3, 0.4) is 0 Å². The molecule has 3 heterocycles. The smallest absolute Gasteiger partial charge is 0.242 e. The number of benzene rings is 1. The van der Waals surface area contributed by atoms with Gasteiger partial charge >= 0.3 is 0 Å². The number of fused-ring (bicyclic) bond motifs is 1. The molecule has 152 valence electrons. The van der Waals surface area contributed by atoms with E-state index >= 15 is 0 Å². The molecule has 4 rings (SSSR count). The standard InChI is InChI=1S/C23H28N4OS/c1-3-19-7-4-5-14-26(19)21(28)15-27-22-20(8-6-13-24-22)25-23(27)29-16-18-11-9-17(2)10-12-18/h6,8-13,19H,3-5,7,14-16H2,1-2H3. The van der Waals surface area contributed by atoms with Crippen LogP contribution in [0, 0.1) is 6.92 Å². The maximum atomic E-state index is 13.2. The molecule has 1 unspecified atom stereocenters. The van der Waals surface area contributed by atoms with Crippen LogP contribution in [0.4, 0.5) is 0 Å². The number of rotatable bonds is 6. The summed E-state index contributed by atoms with van der Waals surface area (Å²) in [5, 5.41) is 0.859. The van der Waals surface area contributed by atoms with Crippen LogP contribution in [-0.2, 0) is 17.1 Å². The quantitative estimate of drug-likeness (QED) is 0.549. The molecule has 1 saturated heterocycles. The third-order valence-corrected chi connectivity index (χ3v) is 6.72. The highest BCUT2D eigenvalue weighted by Crippen LogP contribution is 2.27. The lowest BCUT2D eigenvalue weighted by molar-refractivity contribution is -0.135. The predicted molar refractivity (Wildman–Crippen MR) is 118 cm³/mol. The molecule has 0 saturated carbocycles. The van der Waals surface area contributed by atoms with Crippen molar-refractivity contribution >= 4 is 28.8 Å². The Morgan fingerprint density at radius 2 is 2.03 bits per heavy atom. The highest BCUT2D eigenvalue weighted by Gasteiger charge is 2.26. The summed E-state index contributed by atoms with van der Waals surface area (Å²) in [6.07, 6.45) is 6.22. The Kier molecular flexibility index (Phi) is 6.19. The van der Waals surface area contributed by atoms with Crippen LogP contribution in [0.2, 0.25) is 0 Å². The first-order chi connectivity index (χ1) is 14.2. The summed E-state index contributed by atoms with van der Waals surface area (Å²) in [6.45, 7) is 5.44. The number of hydrogen-bond donors (Lipinski definition) is 0. The van der Waals surface area contributed by atoms with E-state index in [1.807, 2.05) is 16.7 Å². The fraction of sp³-hybridized carbons (Fsp3) is 0.435. The summed E-state index contributed by atoms with van der Waals surface area (Å²) in [7, 11) is 0. The first kappa shape index (κ1) is 20.0. The van der Waals surface area contributed by atoms with E-state index in [1.54, 1.807) is 18.0 Å². The lowest BCUT2D eigenvalue weighted by atomic mass is 10.00. The lowest BCUT2D eigenvalue weighted by Crippen LogP contribution is -2.44. The number of carbonyl (C=O) groups is 1. The molecule has 2 aromatic heterocycles. The first-order valence-corrected chi connectivity index (χ1v) is 11.4. The number of imidazole rings is 1. The number of pyridine rings is 1. The van der Waals surface area contributed by atoms with Gasteiger partial charge in [-0.15, -0.1) is 0 Å². The minimum Gasteiger partial charge on any atom is -0.338 e. The van der Waals surface area contributed by atoms with E-state index in [0.29, 0.717) is 12.6 Å². The van der Waals surface area contributed by atoms with Crippen molar-refractivity contribution in [3.63, 3.8) is 0 Å². The van der Waals surface area contributed by atoms with Crippen molar-refractivity contribution in [2.75, 3.05) is 6.54 Å². The van der Waals surface area contributed by atoms with Gasteiger partial charge in [-0.1, -0.05) is 48.5 Å². The van der Waals surface area contributed by atoms with Crippen LogP contribution in [0.5, 0.6) is 0 Å². The molecule has 1 amide bonds. The van der Waals surface area contributed by atoms with Gasteiger partial charge < -0.3 is 4.90 Å². The van der Waals surface area contributed by atoms with Gasteiger partial charge in [0.25, 0.3) is 0 Å². The molecular formula is C23H28N4OS. The van der Waals surface area contributed by atoms with E-state index in [4.69, 9.17) is 4.98 Å². The molecule has 6 heteroatoms. The average Bonchev–Trinajstić information content (AvgIpc) is 3.10. The van der Waals surface area contributed by atoms with Gasteiger partial charge in [0.1, 0.15) is 12.1 Å². The molecule has 0 N–H and O–H groups in total. The Morgan fingerprint density at radius 1 is 1.21 bits per heavy atom. The summed E-state index contributed by atoms with van der Waals surface area (Å²) < 4.78 is 2.00. The van der Waals surface area contributed by atoms with Crippen LogP contribution in [0.15, 0.2) is 47.8 Å². The van der Waals surface area contributed by atoms with Crippen molar-refractivity contribution in [1.29, 1.82) is 0 Å². The van der Waals surface area contributed by atoms with Gasteiger partial charge in [0.2, 0.25) is 5.91 Å². The number of carbonyl (C=O) groups excluding carboxylic acids is 1. The number of likely N-dealkylation sites (tertiary alicyclic amines) is 1. The van der Waals surface area contributed by atoms with Crippen LogP contribution in [-0.4, -0.2) is 37.9 Å². The van der Waals surface area contributed by atoms with Crippen molar-refractivity contribution < 1.29 is 4.79 Å². The molecule has 5 nitrogen and oxygen atoms in total. The number of aryl methyl sites for hydroxylation is 1.